The fourth-order valence-electron chi connectivity index (χ4n) is 1.84. The lowest BCUT2D eigenvalue weighted by Crippen LogP contribution is -2.35. The van der Waals surface area contributed by atoms with E-state index in [9.17, 15) is 4.79 Å². The normalized spacial score (nSPS) is 19.7. The third-order valence-electron chi connectivity index (χ3n) is 2.71. The van der Waals surface area contributed by atoms with E-state index in [4.69, 9.17) is 0 Å². The molecule has 0 aliphatic carbocycles. The molecule has 0 saturated carbocycles. The van der Waals surface area contributed by atoms with Crippen molar-refractivity contribution in [3.8, 4) is 0 Å². The third-order valence-corrected chi connectivity index (χ3v) is 3.44. The zero-order valence-electron chi connectivity index (χ0n) is 9.32. The Kier molecular flexibility index (Phi) is 3.85. The highest BCUT2D eigenvalue weighted by atomic mass is 32.2. The van der Waals surface area contributed by atoms with E-state index >= 15 is 0 Å². The largest absolute Gasteiger partial charge is 0.325 e. The van der Waals surface area contributed by atoms with Crippen molar-refractivity contribution in [2.24, 2.45) is 0 Å². The molecule has 2 rings (SSSR count). The molecule has 2 N–H and O–H groups in total. The van der Waals surface area contributed by atoms with E-state index < -0.39 is 0 Å². The minimum Gasteiger partial charge on any atom is -0.325 e. The van der Waals surface area contributed by atoms with Crippen molar-refractivity contribution >= 4 is 23.4 Å². The lowest BCUT2D eigenvalue weighted by Gasteiger charge is -2.11. The van der Waals surface area contributed by atoms with Crippen LogP contribution in [0.3, 0.4) is 0 Å². The van der Waals surface area contributed by atoms with Crippen LogP contribution in [0.4, 0.5) is 5.69 Å². The molecule has 1 aromatic rings. The molecule has 1 heterocycles. The van der Waals surface area contributed by atoms with Crippen LogP contribution in [0.2, 0.25) is 0 Å². The van der Waals surface area contributed by atoms with Crippen LogP contribution in [0.5, 0.6) is 0 Å². The van der Waals surface area contributed by atoms with E-state index in [0.29, 0.717) is 0 Å². The number of thioether (sulfide) groups is 1. The minimum atomic E-state index is -0.0158. The number of amides is 1. The highest BCUT2D eigenvalue weighted by Crippen LogP contribution is 2.19. The van der Waals surface area contributed by atoms with Crippen LogP contribution < -0.4 is 10.6 Å². The summed E-state index contributed by atoms with van der Waals surface area (Å²) in [5.41, 5.74) is 0.880. The Bertz CT molecular complexity index is 375. The van der Waals surface area contributed by atoms with Gasteiger partial charge in [-0.2, -0.15) is 0 Å². The molecule has 1 aliphatic heterocycles. The van der Waals surface area contributed by atoms with E-state index in [1.165, 1.54) is 0 Å². The Balaban J connectivity index is 1.99. The van der Waals surface area contributed by atoms with Crippen LogP contribution in [0, 0.1) is 0 Å². The zero-order valence-corrected chi connectivity index (χ0v) is 10.1. The number of rotatable bonds is 3. The molecule has 0 spiro atoms. The van der Waals surface area contributed by atoms with Crippen molar-refractivity contribution < 1.29 is 4.79 Å². The maximum absolute atomic E-state index is 11.8. The molecular formula is C12H16N2OS. The topological polar surface area (TPSA) is 41.1 Å². The molecule has 1 atom stereocenters. The van der Waals surface area contributed by atoms with Gasteiger partial charge < -0.3 is 10.6 Å². The van der Waals surface area contributed by atoms with Gasteiger partial charge in [0.15, 0.2) is 0 Å². The number of anilines is 1. The van der Waals surface area contributed by atoms with Gasteiger partial charge in [-0.1, -0.05) is 6.07 Å². The van der Waals surface area contributed by atoms with Crippen molar-refractivity contribution in [1.82, 2.24) is 5.32 Å². The first-order valence-electron chi connectivity index (χ1n) is 5.48. The predicted octanol–water partition coefficient (Wildman–Crippen LogP) is 2.10. The maximum Gasteiger partial charge on any atom is 0.241 e. The van der Waals surface area contributed by atoms with Crippen molar-refractivity contribution in [3.05, 3.63) is 24.3 Å². The molecule has 0 radical (unpaired) electrons. The van der Waals surface area contributed by atoms with Gasteiger partial charge in [0, 0.05) is 10.6 Å². The summed E-state index contributed by atoms with van der Waals surface area (Å²) in [6, 6.07) is 7.90. The second-order valence-corrected chi connectivity index (χ2v) is 4.75. The lowest BCUT2D eigenvalue weighted by atomic mass is 10.2. The molecule has 16 heavy (non-hydrogen) atoms. The molecule has 4 heteroatoms. The van der Waals surface area contributed by atoms with Crippen LogP contribution >= 0.6 is 11.8 Å². The Morgan fingerprint density at radius 2 is 2.44 bits per heavy atom. The zero-order chi connectivity index (χ0) is 11.4. The second-order valence-electron chi connectivity index (χ2n) is 3.87. The van der Waals surface area contributed by atoms with Gasteiger partial charge in [0.05, 0.1) is 6.04 Å². The molecule has 0 aromatic heterocycles. The second kappa shape index (κ2) is 5.37. The molecular weight excluding hydrogens is 220 g/mol. The average Bonchev–Trinajstić information content (AvgIpc) is 2.83. The van der Waals surface area contributed by atoms with Gasteiger partial charge in [-0.15, -0.1) is 11.8 Å². The number of benzene rings is 1. The fraction of sp³-hybridized carbons (Fsp3) is 0.417. The van der Waals surface area contributed by atoms with Crippen LogP contribution in [-0.4, -0.2) is 24.7 Å². The van der Waals surface area contributed by atoms with Crippen molar-refractivity contribution in [2.75, 3.05) is 18.1 Å². The summed E-state index contributed by atoms with van der Waals surface area (Å²) in [4.78, 5) is 13.0. The highest BCUT2D eigenvalue weighted by Gasteiger charge is 2.21. The van der Waals surface area contributed by atoms with Gasteiger partial charge >= 0.3 is 0 Å². The summed E-state index contributed by atoms with van der Waals surface area (Å²) < 4.78 is 0. The number of carbonyl (C=O) groups excluding carboxylic acids is 1. The summed E-state index contributed by atoms with van der Waals surface area (Å²) in [5, 5.41) is 6.13. The number of hydrogen-bond acceptors (Lipinski definition) is 3. The first-order chi connectivity index (χ1) is 7.79. The Morgan fingerprint density at radius 3 is 3.12 bits per heavy atom. The molecule has 1 aliphatic rings. The van der Waals surface area contributed by atoms with Gasteiger partial charge in [-0.25, -0.2) is 0 Å². The minimum absolute atomic E-state index is 0.0158. The quantitative estimate of drug-likeness (QED) is 0.790. The SMILES string of the molecule is CSc1cccc(NC(=O)[C@@H]2CCCN2)c1. The molecule has 3 nitrogen and oxygen atoms in total. The van der Waals surface area contributed by atoms with E-state index in [2.05, 4.69) is 10.6 Å². The summed E-state index contributed by atoms with van der Waals surface area (Å²) in [7, 11) is 0. The summed E-state index contributed by atoms with van der Waals surface area (Å²) >= 11 is 1.68. The summed E-state index contributed by atoms with van der Waals surface area (Å²) in [5.74, 6) is 0.0794. The first kappa shape index (κ1) is 11.5. The van der Waals surface area contributed by atoms with E-state index in [0.717, 1.165) is 30.0 Å². The Morgan fingerprint density at radius 1 is 1.56 bits per heavy atom. The molecule has 1 saturated heterocycles. The van der Waals surface area contributed by atoms with Crippen LogP contribution in [0.15, 0.2) is 29.2 Å². The molecule has 1 fully saturated rings. The Hall–Kier alpha value is -1.00. The smallest absolute Gasteiger partial charge is 0.241 e. The number of hydrogen-bond donors (Lipinski definition) is 2. The van der Waals surface area contributed by atoms with Crippen LogP contribution in [-0.2, 0) is 4.79 Å². The highest BCUT2D eigenvalue weighted by molar-refractivity contribution is 7.98. The third kappa shape index (κ3) is 2.77. The Labute approximate surface area is 100.0 Å². The van der Waals surface area contributed by atoms with E-state index in [1.807, 2.05) is 30.5 Å². The molecule has 1 amide bonds. The average molecular weight is 236 g/mol. The fourth-order valence-corrected chi connectivity index (χ4v) is 2.30. The predicted molar refractivity (Wildman–Crippen MR) is 67.9 cm³/mol. The van der Waals surface area contributed by atoms with Gasteiger partial charge in [0.2, 0.25) is 5.91 Å². The molecule has 0 bridgehead atoms. The molecule has 0 unspecified atom stereocenters. The van der Waals surface area contributed by atoms with E-state index in [-0.39, 0.29) is 11.9 Å². The van der Waals surface area contributed by atoms with Crippen molar-refractivity contribution in [3.63, 3.8) is 0 Å². The van der Waals surface area contributed by atoms with Crippen molar-refractivity contribution in [2.45, 2.75) is 23.8 Å². The van der Waals surface area contributed by atoms with Gasteiger partial charge in [-0.05, 0) is 43.8 Å². The number of carbonyl (C=O) groups is 1. The van der Waals surface area contributed by atoms with Gasteiger partial charge in [0.1, 0.15) is 0 Å². The number of nitrogens with one attached hydrogen (secondary N) is 2. The van der Waals surface area contributed by atoms with Crippen LogP contribution in [0.1, 0.15) is 12.8 Å². The molecule has 1 aromatic carbocycles. The summed E-state index contributed by atoms with van der Waals surface area (Å²) in [6.07, 6.45) is 4.05. The summed E-state index contributed by atoms with van der Waals surface area (Å²) in [6.45, 7) is 0.947. The lowest BCUT2D eigenvalue weighted by molar-refractivity contribution is -0.117. The maximum atomic E-state index is 11.8. The van der Waals surface area contributed by atoms with Gasteiger partial charge in [0.25, 0.3) is 0 Å². The standard InChI is InChI=1S/C12H16N2OS/c1-16-10-5-2-4-9(8-10)14-12(15)11-6-3-7-13-11/h2,4-5,8,11,13H,3,6-7H2,1H3,(H,14,15)/t11-/m0/s1. The van der Waals surface area contributed by atoms with Crippen LogP contribution in [0.25, 0.3) is 0 Å². The van der Waals surface area contributed by atoms with E-state index in [1.54, 1.807) is 11.8 Å². The first-order valence-corrected chi connectivity index (χ1v) is 6.70. The molecule has 86 valence electrons. The van der Waals surface area contributed by atoms with Gasteiger partial charge in [-0.3, -0.25) is 4.79 Å². The van der Waals surface area contributed by atoms with Crippen molar-refractivity contribution in [1.29, 1.82) is 0 Å². The monoisotopic (exact) mass is 236 g/mol.